The van der Waals surface area contributed by atoms with Crippen LogP contribution >= 0.6 is 0 Å². The van der Waals surface area contributed by atoms with E-state index in [1.165, 1.54) is 29.2 Å². The molecule has 13 heavy (non-hydrogen) atoms. The summed E-state index contributed by atoms with van der Waals surface area (Å²) in [5, 5.41) is 26.1. The van der Waals surface area contributed by atoms with Crippen LogP contribution in [0.25, 0.3) is 5.69 Å². The van der Waals surface area contributed by atoms with Gasteiger partial charge in [0.15, 0.2) is 0 Å². The van der Waals surface area contributed by atoms with E-state index in [4.69, 9.17) is 0 Å². The number of hydrogen-bond acceptors (Lipinski definition) is 4. The first-order valence-electron chi connectivity index (χ1n) is 3.66. The molecule has 2 rings (SSSR count). The number of nitrogens with zero attached hydrogens (tertiary/aromatic N) is 3. The molecule has 0 atom stereocenters. The zero-order chi connectivity index (χ0) is 9.26. The van der Waals surface area contributed by atoms with E-state index in [9.17, 15) is 10.2 Å². The lowest BCUT2D eigenvalue weighted by atomic mass is 10.2. The number of phenolic OH excluding ortho intramolecular Hbond substituents is 2. The molecule has 0 fully saturated rings. The van der Waals surface area contributed by atoms with Crippen LogP contribution in [0, 0.1) is 0 Å². The van der Waals surface area contributed by atoms with Crippen molar-refractivity contribution >= 4 is 0 Å². The molecule has 0 aliphatic heterocycles. The highest BCUT2D eigenvalue weighted by atomic mass is 16.3. The molecule has 66 valence electrons. The van der Waals surface area contributed by atoms with Crippen LogP contribution in [0.1, 0.15) is 0 Å². The molecule has 0 saturated heterocycles. The molecule has 0 radical (unpaired) electrons. The van der Waals surface area contributed by atoms with Gasteiger partial charge in [0.1, 0.15) is 17.2 Å². The molecular formula is C8H7N3O2. The second-order valence-corrected chi connectivity index (χ2v) is 2.49. The number of aromatic nitrogens is 3. The number of phenols is 2. The van der Waals surface area contributed by atoms with Gasteiger partial charge in [-0.2, -0.15) is 0 Å². The van der Waals surface area contributed by atoms with Crippen molar-refractivity contribution in [1.29, 1.82) is 0 Å². The summed E-state index contributed by atoms with van der Waals surface area (Å²) < 4.78 is 1.30. The molecule has 0 saturated carbocycles. The predicted molar refractivity (Wildman–Crippen MR) is 44.7 cm³/mol. The quantitative estimate of drug-likeness (QED) is 0.671. The van der Waals surface area contributed by atoms with Gasteiger partial charge in [0.25, 0.3) is 0 Å². The Morgan fingerprint density at radius 3 is 2.38 bits per heavy atom. The molecule has 1 aromatic carbocycles. The fourth-order valence-electron chi connectivity index (χ4n) is 1.08. The monoisotopic (exact) mass is 177 g/mol. The van der Waals surface area contributed by atoms with Crippen LogP contribution in [-0.4, -0.2) is 25.2 Å². The fourth-order valence-corrected chi connectivity index (χ4v) is 1.08. The summed E-state index contributed by atoms with van der Waals surface area (Å²) in [7, 11) is 0. The molecule has 2 aromatic rings. The summed E-state index contributed by atoms with van der Waals surface area (Å²) in [6, 6.07) is 4.48. The Labute approximate surface area is 73.9 Å². The Morgan fingerprint density at radius 2 is 1.85 bits per heavy atom. The Balaban J connectivity index is 2.64. The highest BCUT2D eigenvalue weighted by Crippen LogP contribution is 2.29. The van der Waals surface area contributed by atoms with Gasteiger partial charge < -0.3 is 10.2 Å². The van der Waals surface area contributed by atoms with Crippen molar-refractivity contribution in [3.8, 4) is 17.2 Å². The van der Waals surface area contributed by atoms with Crippen LogP contribution in [0.4, 0.5) is 0 Å². The molecule has 0 amide bonds. The van der Waals surface area contributed by atoms with Crippen LogP contribution in [0.2, 0.25) is 0 Å². The minimum absolute atomic E-state index is 0.0366. The SMILES string of the molecule is Oc1cccc(O)c1-n1ccnn1. The van der Waals surface area contributed by atoms with E-state index in [-0.39, 0.29) is 17.2 Å². The lowest BCUT2D eigenvalue weighted by Crippen LogP contribution is -1.95. The number of hydrogen-bond donors (Lipinski definition) is 2. The fraction of sp³-hybridized carbons (Fsp3) is 0. The molecule has 5 heteroatoms. The normalized spacial score (nSPS) is 10.2. The average molecular weight is 177 g/mol. The second-order valence-electron chi connectivity index (χ2n) is 2.49. The highest BCUT2D eigenvalue weighted by molar-refractivity contribution is 5.54. The number of benzene rings is 1. The Bertz CT molecular complexity index is 391. The van der Waals surface area contributed by atoms with E-state index < -0.39 is 0 Å². The smallest absolute Gasteiger partial charge is 0.150 e. The topological polar surface area (TPSA) is 71.2 Å². The van der Waals surface area contributed by atoms with Gasteiger partial charge in [-0.05, 0) is 12.1 Å². The molecule has 0 spiro atoms. The summed E-state index contributed by atoms with van der Waals surface area (Å²) in [5.74, 6) is -0.0731. The molecule has 0 unspecified atom stereocenters. The molecule has 2 N–H and O–H groups in total. The first kappa shape index (κ1) is 7.60. The number of aromatic hydroxyl groups is 2. The van der Waals surface area contributed by atoms with Gasteiger partial charge in [0.2, 0.25) is 0 Å². The zero-order valence-corrected chi connectivity index (χ0v) is 6.62. The van der Waals surface area contributed by atoms with E-state index in [1.807, 2.05) is 0 Å². The first-order chi connectivity index (χ1) is 6.29. The van der Waals surface area contributed by atoms with Crippen molar-refractivity contribution in [1.82, 2.24) is 15.0 Å². The van der Waals surface area contributed by atoms with Gasteiger partial charge in [-0.25, -0.2) is 4.68 Å². The van der Waals surface area contributed by atoms with Crippen molar-refractivity contribution in [2.45, 2.75) is 0 Å². The third kappa shape index (κ3) is 1.20. The van der Waals surface area contributed by atoms with Gasteiger partial charge >= 0.3 is 0 Å². The van der Waals surface area contributed by atoms with E-state index >= 15 is 0 Å². The van der Waals surface area contributed by atoms with Crippen LogP contribution in [0.5, 0.6) is 11.5 Å². The van der Waals surface area contributed by atoms with E-state index in [2.05, 4.69) is 10.3 Å². The Morgan fingerprint density at radius 1 is 1.15 bits per heavy atom. The highest BCUT2D eigenvalue weighted by Gasteiger charge is 2.08. The number of rotatable bonds is 1. The Kier molecular flexibility index (Phi) is 1.63. The van der Waals surface area contributed by atoms with Gasteiger partial charge in [-0.3, -0.25) is 0 Å². The van der Waals surface area contributed by atoms with E-state index in [0.717, 1.165) is 0 Å². The van der Waals surface area contributed by atoms with Crippen LogP contribution in [-0.2, 0) is 0 Å². The molecule has 0 aliphatic rings. The second kappa shape index (κ2) is 2.78. The third-order valence-corrected chi connectivity index (χ3v) is 1.65. The zero-order valence-electron chi connectivity index (χ0n) is 6.62. The van der Waals surface area contributed by atoms with E-state index in [1.54, 1.807) is 6.07 Å². The van der Waals surface area contributed by atoms with Crippen LogP contribution in [0.3, 0.4) is 0 Å². The van der Waals surface area contributed by atoms with Crippen LogP contribution < -0.4 is 0 Å². The van der Waals surface area contributed by atoms with Crippen molar-refractivity contribution in [2.75, 3.05) is 0 Å². The minimum Gasteiger partial charge on any atom is -0.506 e. The van der Waals surface area contributed by atoms with Crippen LogP contribution in [0.15, 0.2) is 30.6 Å². The molecule has 1 aromatic heterocycles. The third-order valence-electron chi connectivity index (χ3n) is 1.65. The summed E-state index contributed by atoms with van der Waals surface area (Å²) in [6.07, 6.45) is 3.00. The maximum absolute atomic E-state index is 9.41. The van der Waals surface area contributed by atoms with Crippen molar-refractivity contribution in [3.63, 3.8) is 0 Å². The van der Waals surface area contributed by atoms with Gasteiger partial charge in [-0.1, -0.05) is 11.3 Å². The Hall–Kier alpha value is -2.04. The molecule has 0 aliphatic carbocycles. The summed E-state index contributed by atoms with van der Waals surface area (Å²) in [5.41, 5.74) is 0.236. The standard InChI is InChI=1S/C8H7N3O2/c12-6-2-1-3-7(13)8(6)11-5-4-9-10-11/h1-5,12-13H. The predicted octanol–water partition coefficient (Wildman–Crippen LogP) is 0.678. The van der Waals surface area contributed by atoms with Gasteiger partial charge in [0, 0.05) is 0 Å². The molecule has 5 nitrogen and oxygen atoms in total. The lowest BCUT2D eigenvalue weighted by molar-refractivity contribution is 0.442. The summed E-state index contributed by atoms with van der Waals surface area (Å²) in [6.45, 7) is 0. The summed E-state index contributed by atoms with van der Waals surface area (Å²) in [4.78, 5) is 0. The lowest BCUT2D eigenvalue weighted by Gasteiger charge is -2.04. The van der Waals surface area contributed by atoms with Crippen molar-refractivity contribution in [2.24, 2.45) is 0 Å². The minimum atomic E-state index is -0.0366. The largest absolute Gasteiger partial charge is 0.506 e. The van der Waals surface area contributed by atoms with Gasteiger partial charge in [0.05, 0.1) is 12.4 Å². The molecular weight excluding hydrogens is 170 g/mol. The van der Waals surface area contributed by atoms with Crippen molar-refractivity contribution in [3.05, 3.63) is 30.6 Å². The number of para-hydroxylation sites is 1. The maximum Gasteiger partial charge on any atom is 0.150 e. The maximum atomic E-state index is 9.41. The average Bonchev–Trinajstić information content (AvgIpc) is 2.57. The molecule has 0 bridgehead atoms. The van der Waals surface area contributed by atoms with E-state index in [0.29, 0.717) is 0 Å². The van der Waals surface area contributed by atoms with Crippen molar-refractivity contribution < 1.29 is 10.2 Å². The van der Waals surface area contributed by atoms with Gasteiger partial charge in [-0.15, -0.1) is 5.10 Å². The summed E-state index contributed by atoms with van der Waals surface area (Å²) >= 11 is 0. The molecule has 1 heterocycles. The first-order valence-corrected chi connectivity index (χ1v) is 3.66.